The molecule has 0 spiro atoms. The predicted octanol–water partition coefficient (Wildman–Crippen LogP) is 4.18. The van der Waals surface area contributed by atoms with E-state index in [1.54, 1.807) is 0 Å². The van der Waals surface area contributed by atoms with Gasteiger partial charge in [-0.25, -0.2) is 0 Å². The van der Waals surface area contributed by atoms with Gasteiger partial charge in [-0.15, -0.1) is 11.8 Å². The number of carbonyl (C=O) groups is 2. The Morgan fingerprint density at radius 2 is 1.56 bits per heavy atom. The number of amides is 2. The van der Waals surface area contributed by atoms with E-state index in [4.69, 9.17) is 0 Å². The lowest BCUT2D eigenvalue weighted by Gasteiger charge is -2.10. The van der Waals surface area contributed by atoms with Crippen molar-refractivity contribution in [2.75, 3.05) is 22.1 Å². The highest BCUT2D eigenvalue weighted by molar-refractivity contribution is 8.00. The molecule has 0 aliphatic heterocycles. The summed E-state index contributed by atoms with van der Waals surface area (Å²) in [6, 6.07) is 13.7. The molecule has 2 aromatic carbocycles. The van der Waals surface area contributed by atoms with E-state index in [1.807, 2.05) is 56.3 Å². The third-order valence-corrected chi connectivity index (χ3v) is 4.73. The summed E-state index contributed by atoms with van der Waals surface area (Å²) < 4.78 is 0. The molecule has 2 N–H and O–H groups in total. The normalized spacial score (nSPS) is 10.4. The molecular weight excluding hydrogens is 332 g/mol. The maximum atomic E-state index is 12.0. The molecule has 2 amide bonds. The number of thioether (sulfide) groups is 1. The second kappa shape index (κ2) is 9.28. The minimum atomic E-state index is -0.0984. The lowest BCUT2D eigenvalue weighted by molar-refractivity contribution is -0.114. The van der Waals surface area contributed by atoms with Crippen LogP contribution in [0, 0.1) is 13.8 Å². The standard InChI is InChI=1S/C20H24N2O2S/c1-4-16-7-5-6-8-18(16)22-20(24)13-25-12-19(23)21-17-10-9-14(2)11-15(17)3/h5-11H,4,12-13H2,1-3H3,(H,21,23)(H,22,24). The molecule has 132 valence electrons. The Morgan fingerprint density at radius 3 is 2.20 bits per heavy atom. The van der Waals surface area contributed by atoms with Gasteiger partial charge in [-0.1, -0.05) is 42.8 Å². The Balaban J connectivity index is 1.78. The van der Waals surface area contributed by atoms with Gasteiger partial charge < -0.3 is 10.6 Å². The summed E-state index contributed by atoms with van der Waals surface area (Å²) in [5.41, 5.74) is 4.96. The molecule has 2 aromatic rings. The van der Waals surface area contributed by atoms with Crippen LogP contribution in [0.3, 0.4) is 0 Å². The first-order chi connectivity index (χ1) is 12.0. The summed E-state index contributed by atoms with van der Waals surface area (Å²) in [6.07, 6.45) is 0.863. The van der Waals surface area contributed by atoms with Gasteiger partial charge in [-0.05, 0) is 43.5 Å². The Bertz CT molecular complexity index is 759. The first kappa shape index (κ1) is 19.1. The quantitative estimate of drug-likeness (QED) is 0.782. The monoisotopic (exact) mass is 356 g/mol. The van der Waals surface area contributed by atoms with Crippen molar-refractivity contribution in [3.63, 3.8) is 0 Å². The Hall–Kier alpha value is -2.27. The van der Waals surface area contributed by atoms with Gasteiger partial charge in [-0.2, -0.15) is 0 Å². The number of anilines is 2. The Labute approximate surface area is 153 Å². The number of aryl methyl sites for hydroxylation is 3. The van der Waals surface area contributed by atoms with Crippen molar-refractivity contribution in [2.24, 2.45) is 0 Å². The molecule has 0 aliphatic carbocycles. The largest absolute Gasteiger partial charge is 0.325 e. The van der Waals surface area contributed by atoms with Crippen LogP contribution in [0.5, 0.6) is 0 Å². The molecule has 25 heavy (non-hydrogen) atoms. The van der Waals surface area contributed by atoms with E-state index < -0.39 is 0 Å². The van der Waals surface area contributed by atoms with E-state index >= 15 is 0 Å². The minimum absolute atomic E-state index is 0.0924. The van der Waals surface area contributed by atoms with E-state index in [9.17, 15) is 9.59 Å². The third-order valence-electron chi connectivity index (χ3n) is 3.79. The number of nitrogens with one attached hydrogen (secondary N) is 2. The molecular formula is C20H24N2O2S. The zero-order valence-corrected chi connectivity index (χ0v) is 15.7. The zero-order chi connectivity index (χ0) is 18.2. The lowest BCUT2D eigenvalue weighted by atomic mass is 10.1. The van der Waals surface area contributed by atoms with Crippen molar-refractivity contribution in [3.8, 4) is 0 Å². The van der Waals surface area contributed by atoms with Crippen LogP contribution in [0.25, 0.3) is 0 Å². The number of hydrogen-bond acceptors (Lipinski definition) is 3. The van der Waals surface area contributed by atoms with Crippen molar-refractivity contribution in [1.82, 2.24) is 0 Å². The van der Waals surface area contributed by atoms with Crippen LogP contribution >= 0.6 is 11.8 Å². The molecule has 0 saturated carbocycles. The van der Waals surface area contributed by atoms with E-state index in [-0.39, 0.29) is 23.3 Å². The van der Waals surface area contributed by atoms with Gasteiger partial charge in [0.25, 0.3) is 0 Å². The topological polar surface area (TPSA) is 58.2 Å². The van der Waals surface area contributed by atoms with Gasteiger partial charge >= 0.3 is 0 Å². The number of para-hydroxylation sites is 1. The molecule has 0 fully saturated rings. The maximum absolute atomic E-state index is 12.0. The molecule has 0 heterocycles. The molecule has 0 bridgehead atoms. The lowest BCUT2D eigenvalue weighted by Crippen LogP contribution is -2.19. The Kier molecular flexibility index (Phi) is 7.07. The molecule has 4 nitrogen and oxygen atoms in total. The van der Waals surface area contributed by atoms with Crippen LogP contribution in [0.15, 0.2) is 42.5 Å². The van der Waals surface area contributed by atoms with Crippen LogP contribution in [-0.2, 0) is 16.0 Å². The van der Waals surface area contributed by atoms with Crippen LogP contribution < -0.4 is 10.6 Å². The average molecular weight is 356 g/mol. The average Bonchev–Trinajstić information content (AvgIpc) is 2.58. The summed E-state index contributed by atoms with van der Waals surface area (Å²) >= 11 is 1.31. The maximum Gasteiger partial charge on any atom is 0.234 e. The van der Waals surface area contributed by atoms with Gasteiger partial charge in [0.2, 0.25) is 11.8 Å². The van der Waals surface area contributed by atoms with Gasteiger partial charge in [0, 0.05) is 11.4 Å². The highest BCUT2D eigenvalue weighted by Crippen LogP contribution is 2.17. The first-order valence-corrected chi connectivity index (χ1v) is 9.47. The molecule has 0 unspecified atom stereocenters. The molecule has 0 saturated heterocycles. The van der Waals surface area contributed by atoms with E-state index in [0.717, 1.165) is 34.5 Å². The smallest absolute Gasteiger partial charge is 0.234 e. The first-order valence-electron chi connectivity index (χ1n) is 8.32. The fraction of sp³-hybridized carbons (Fsp3) is 0.300. The van der Waals surface area contributed by atoms with Crippen LogP contribution in [0.4, 0.5) is 11.4 Å². The second-order valence-electron chi connectivity index (χ2n) is 5.92. The molecule has 5 heteroatoms. The summed E-state index contributed by atoms with van der Waals surface area (Å²) in [5, 5.41) is 5.80. The summed E-state index contributed by atoms with van der Waals surface area (Å²) in [6.45, 7) is 6.04. The van der Waals surface area contributed by atoms with Crippen molar-refractivity contribution < 1.29 is 9.59 Å². The Morgan fingerprint density at radius 1 is 0.920 bits per heavy atom. The summed E-state index contributed by atoms with van der Waals surface area (Å²) in [7, 11) is 0. The van der Waals surface area contributed by atoms with Gasteiger partial charge in [0.05, 0.1) is 11.5 Å². The van der Waals surface area contributed by atoms with Gasteiger partial charge in [-0.3, -0.25) is 9.59 Å². The second-order valence-corrected chi connectivity index (χ2v) is 6.90. The van der Waals surface area contributed by atoms with Crippen molar-refractivity contribution >= 4 is 35.0 Å². The molecule has 0 atom stereocenters. The zero-order valence-electron chi connectivity index (χ0n) is 14.9. The third kappa shape index (κ3) is 5.94. The molecule has 0 aromatic heterocycles. The SMILES string of the molecule is CCc1ccccc1NC(=O)CSCC(=O)Nc1ccc(C)cc1C. The number of carbonyl (C=O) groups excluding carboxylic acids is 2. The number of benzene rings is 2. The van der Waals surface area contributed by atoms with Crippen LogP contribution in [0.2, 0.25) is 0 Å². The fourth-order valence-electron chi connectivity index (χ4n) is 2.51. The molecule has 0 radical (unpaired) electrons. The predicted molar refractivity (Wildman–Crippen MR) is 106 cm³/mol. The minimum Gasteiger partial charge on any atom is -0.325 e. The van der Waals surface area contributed by atoms with Crippen molar-refractivity contribution in [3.05, 3.63) is 59.2 Å². The van der Waals surface area contributed by atoms with E-state index in [2.05, 4.69) is 17.6 Å². The summed E-state index contributed by atoms with van der Waals surface area (Å²) in [4.78, 5) is 24.1. The van der Waals surface area contributed by atoms with Crippen molar-refractivity contribution in [1.29, 1.82) is 0 Å². The van der Waals surface area contributed by atoms with E-state index in [0.29, 0.717) is 0 Å². The number of hydrogen-bond donors (Lipinski definition) is 2. The number of rotatable bonds is 7. The van der Waals surface area contributed by atoms with Crippen LogP contribution in [0.1, 0.15) is 23.6 Å². The van der Waals surface area contributed by atoms with Gasteiger partial charge in [0.15, 0.2) is 0 Å². The fourth-order valence-corrected chi connectivity index (χ4v) is 3.13. The van der Waals surface area contributed by atoms with Crippen LogP contribution in [-0.4, -0.2) is 23.3 Å². The highest BCUT2D eigenvalue weighted by atomic mass is 32.2. The summed E-state index contributed by atoms with van der Waals surface area (Å²) in [5.74, 6) is 0.304. The highest BCUT2D eigenvalue weighted by Gasteiger charge is 2.09. The van der Waals surface area contributed by atoms with Gasteiger partial charge in [0.1, 0.15) is 0 Å². The van der Waals surface area contributed by atoms with Crippen molar-refractivity contribution in [2.45, 2.75) is 27.2 Å². The van der Waals surface area contributed by atoms with E-state index in [1.165, 1.54) is 11.8 Å². The molecule has 0 aliphatic rings. The molecule has 2 rings (SSSR count).